The Bertz CT molecular complexity index is 827. The van der Waals surface area contributed by atoms with E-state index in [1.807, 2.05) is 24.3 Å². The number of likely N-dealkylation sites (tertiary alicyclic amines) is 1. The topological polar surface area (TPSA) is 65.2 Å². The Morgan fingerprint density at radius 1 is 1.07 bits per heavy atom. The van der Waals surface area contributed by atoms with Gasteiger partial charge < -0.3 is 10.3 Å². The zero-order chi connectivity index (χ0) is 18.8. The lowest BCUT2D eigenvalue weighted by Gasteiger charge is -2.34. The summed E-state index contributed by atoms with van der Waals surface area (Å²) in [7, 11) is 0. The highest BCUT2D eigenvalue weighted by molar-refractivity contribution is 6.12. The van der Waals surface area contributed by atoms with Crippen molar-refractivity contribution in [3.05, 3.63) is 30.0 Å². The third-order valence-electron chi connectivity index (χ3n) is 6.39. The van der Waals surface area contributed by atoms with Crippen molar-refractivity contribution < 1.29 is 9.59 Å². The highest BCUT2D eigenvalue weighted by Gasteiger charge is 2.29. The summed E-state index contributed by atoms with van der Waals surface area (Å²) < 4.78 is 0. The number of H-pyrrole nitrogens is 1. The Kier molecular flexibility index (Phi) is 5.30. The molecule has 0 atom stereocenters. The van der Waals surface area contributed by atoms with Gasteiger partial charge in [0.1, 0.15) is 5.69 Å². The number of carbonyl (C=O) groups excluding carboxylic acids is 2. The van der Waals surface area contributed by atoms with E-state index in [1.165, 1.54) is 45.4 Å². The van der Waals surface area contributed by atoms with E-state index in [-0.39, 0.29) is 11.7 Å². The van der Waals surface area contributed by atoms with E-state index in [4.69, 9.17) is 0 Å². The second-order valence-corrected chi connectivity index (χ2v) is 8.18. The molecule has 1 amide bonds. The number of aromatic amines is 1. The standard InChI is InChI=1S/C22H29N3O2/c1-15(26)21-22(18-8-4-5-9-19(18)23-21)24-20(27)14-25-12-10-17(11-13-25)16-6-2-3-7-16/h4-5,8-9,16-17,23H,2-3,6-7,10-14H2,1H3,(H,24,27). The number of hydrogen-bond donors (Lipinski definition) is 2. The van der Waals surface area contributed by atoms with E-state index in [0.29, 0.717) is 17.9 Å². The molecule has 5 heteroatoms. The number of para-hydroxylation sites is 1. The molecule has 1 aromatic heterocycles. The average molecular weight is 367 g/mol. The lowest BCUT2D eigenvalue weighted by atomic mass is 9.83. The van der Waals surface area contributed by atoms with Gasteiger partial charge in [0.15, 0.2) is 5.78 Å². The van der Waals surface area contributed by atoms with E-state index in [2.05, 4.69) is 15.2 Å². The molecule has 2 heterocycles. The Morgan fingerprint density at radius 2 is 1.74 bits per heavy atom. The highest BCUT2D eigenvalue weighted by Crippen LogP contribution is 2.36. The van der Waals surface area contributed by atoms with Gasteiger partial charge in [-0.15, -0.1) is 0 Å². The van der Waals surface area contributed by atoms with E-state index < -0.39 is 0 Å². The molecule has 1 saturated carbocycles. The van der Waals surface area contributed by atoms with Gasteiger partial charge >= 0.3 is 0 Å². The second kappa shape index (κ2) is 7.85. The van der Waals surface area contributed by atoms with Crippen LogP contribution in [0.5, 0.6) is 0 Å². The summed E-state index contributed by atoms with van der Waals surface area (Å²) in [5.41, 5.74) is 1.96. The lowest BCUT2D eigenvalue weighted by molar-refractivity contribution is -0.117. The quantitative estimate of drug-likeness (QED) is 0.778. The Morgan fingerprint density at radius 3 is 2.44 bits per heavy atom. The zero-order valence-electron chi connectivity index (χ0n) is 16.1. The van der Waals surface area contributed by atoms with Gasteiger partial charge in [0.25, 0.3) is 0 Å². The van der Waals surface area contributed by atoms with E-state index in [1.54, 1.807) is 0 Å². The Hall–Kier alpha value is -2.14. The van der Waals surface area contributed by atoms with Crippen LogP contribution in [0.25, 0.3) is 10.9 Å². The van der Waals surface area contributed by atoms with Crippen molar-refractivity contribution in [2.75, 3.05) is 25.0 Å². The largest absolute Gasteiger partial charge is 0.350 e. The number of carbonyl (C=O) groups is 2. The van der Waals surface area contributed by atoms with E-state index in [9.17, 15) is 9.59 Å². The van der Waals surface area contributed by atoms with Gasteiger partial charge in [-0.2, -0.15) is 0 Å². The lowest BCUT2D eigenvalue weighted by Crippen LogP contribution is -2.40. The Balaban J connectivity index is 1.38. The first-order valence-corrected chi connectivity index (χ1v) is 10.3. The molecule has 0 spiro atoms. The fourth-order valence-corrected chi connectivity index (χ4v) is 4.93. The number of hydrogen-bond acceptors (Lipinski definition) is 3. The number of Topliss-reactive ketones (excluding diaryl/α,β-unsaturated/α-hetero) is 1. The molecule has 1 aliphatic carbocycles. The molecule has 0 bridgehead atoms. The molecule has 0 unspecified atom stereocenters. The molecule has 1 aromatic carbocycles. The minimum absolute atomic E-state index is 0.0402. The van der Waals surface area contributed by atoms with Crippen LogP contribution in [0.2, 0.25) is 0 Å². The predicted molar refractivity (Wildman–Crippen MR) is 108 cm³/mol. The van der Waals surface area contributed by atoms with Crippen LogP contribution < -0.4 is 5.32 Å². The van der Waals surface area contributed by atoms with Crippen molar-refractivity contribution in [2.45, 2.75) is 45.4 Å². The second-order valence-electron chi connectivity index (χ2n) is 8.18. The number of nitrogens with one attached hydrogen (secondary N) is 2. The number of fused-ring (bicyclic) bond motifs is 1. The average Bonchev–Trinajstić information content (AvgIpc) is 3.31. The van der Waals surface area contributed by atoms with Gasteiger partial charge in [-0.3, -0.25) is 14.5 Å². The van der Waals surface area contributed by atoms with Crippen LogP contribution in [0.1, 0.15) is 55.9 Å². The molecule has 2 fully saturated rings. The molecule has 144 valence electrons. The number of rotatable bonds is 5. The van der Waals surface area contributed by atoms with Gasteiger partial charge in [0, 0.05) is 17.8 Å². The molecular formula is C22H29N3O2. The summed E-state index contributed by atoms with van der Waals surface area (Å²) in [6.07, 6.45) is 8.03. The van der Waals surface area contributed by atoms with Crippen molar-refractivity contribution in [3.8, 4) is 0 Å². The summed E-state index contributed by atoms with van der Waals surface area (Å²) in [6, 6.07) is 7.69. The summed E-state index contributed by atoms with van der Waals surface area (Å²) in [5, 5.41) is 3.88. The molecule has 27 heavy (non-hydrogen) atoms. The third kappa shape index (κ3) is 3.93. The molecule has 2 aromatic rings. The molecule has 2 aliphatic rings. The molecule has 5 nitrogen and oxygen atoms in total. The van der Waals surface area contributed by atoms with Crippen LogP contribution in [0.15, 0.2) is 24.3 Å². The van der Waals surface area contributed by atoms with Gasteiger partial charge in [-0.25, -0.2) is 0 Å². The normalized spacial score (nSPS) is 19.6. The number of nitrogens with zero attached hydrogens (tertiary/aromatic N) is 1. The number of benzene rings is 1. The van der Waals surface area contributed by atoms with Crippen LogP contribution in [0.3, 0.4) is 0 Å². The summed E-state index contributed by atoms with van der Waals surface area (Å²) in [4.78, 5) is 30.0. The monoisotopic (exact) mass is 367 g/mol. The fraction of sp³-hybridized carbons (Fsp3) is 0.545. The van der Waals surface area contributed by atoms with Gasteiger partial charge in [-0.05, 0) is 43.8 Å². The minimum Gasteiger partial charge on any atom is -0.350 e. The predicted octanol–water partition coefficient (Wildman–Crippen LogP) is 4.21. The minimum atomic E-state index is -0.0705. The number of anilines is 1. The van der Waals surface area contributed by atoms with Gasteiger partial charge in [-0.1, -0.05) is 43.9 Å². The number of ketones is 1. The first-order chi connectivity index (χ1) is 13.1. The maximum atomic E-state index is 12.7. The van der Waals surface area contributed by atoms with Crippen molar-refractivity contribution in [3.63, 3.8) is 0 Å². The zero-order valence-corrected chi connectivity index (χ0v) is 16.1. The van der Waals surface area contributed by atoms with Crippen molar-refractivity contribution >= 4 is 28.3 Å². The van der Waals surface area contributed by atoms with Crippen LogP contribution in [0, 0.1) is 11.8 Å². The number of aromatic nitrogens is 1. The van der Waals surface area contributed by atoms with E-state index >= 15 is 0 Å². The Labute approximate surface area is 160 Å². The van der Waals surface area contributed by atoms with E-state index in [0.717, 1.165) is 35.8 Å². The smallest absolute Gasteiger partial charge is 0.238 e. The van der Waals surface area contributed by atoms with Crippen LogP contribution in [-0.2, 0) is 4.79 Å². The van der Waals surface area contributed by atoms with Crippen LogP contribution >= 0.6 is 0 Å². The van der Waals surface area contributed by atoms with Gasteiger partial charge in [0.2, 0.25) is 5.91 Å². The SMILES string of the molecule is CC(=O)c1[nH]c2ccccc2c1NC(=O)CN1CCC(C2CCCC2)CC1. The van der Waals surface area contributed by atoms with Gasteiger partial charge in [0.05, 0.1) is 12.2 Å². The molecule has 1 saturated heterocycles. The van der Waals surface area contributed by atoms with Crippen LogP contribution in [0.4, 0.5) is 5.69 Å². The molecular weight excluding hydrogens is 338 g/mol. The number of amides is 1. The summed E-state index contributed by atoms with van der Waals surface area (Å²) in [5.74, 6) is 1.66. The first-order valence-electron chi connectivity index (χ1n) is 10.3. The fourth-order valence-electron chi connectivity index (χ4n) is 4.93. The molecule has 0 radical (unpaired) electrons. The molecule has 1 aliphatic heterocycles. The first kappa shape index (κ1) is 18.2. The van der Waals surface area contributed by atoms with Crippen molar-refractivity contribution in [1.82, 2.24) is 9.88 Å². The number of piperidine rings is 1. The van der Waals surface area contributed by atoms with Crippen molar-refractivity contribution in [1.29, 1.82) is 0 Å². The van der Waals surface area contributed by atoms with Crippen LogP contribution in [-0.4, -0.2) is 41.2 Å². The highest BCUT2D eigenvalue weighted by atomic mass is 16.2. The summed E-state index contributed by atoms with van der Waals surface area (Å²) >= 11 is 0. The summed E-state index contributed by atoms with van der Waals surface area (Å²) in [6.45, 7) is 3.92. The maximum Gasteiger partial charge on any atom is 0.238 e. The maximum absolute atomic E-state index is 12.7. The third-order valence-corrected chi connectivity index (χ3v) is 6.39. The molecule has 2 N–H and O–H groups in total. The molecule has 4 rings (SSSR count). The van der Waals surface area contributed by atoms with Crippen molar-refractivity contribution in [2.24, 2.45) is 11.8 Å².